The summed E-state index contributed by atoms with van der Waals surface area (Å²) in [6, 6.07) is 12.8. The zero-order chi connectivity index (χ0) is 13.1. The van der Waals surface area contributed by atoms with Crippen LogP contribution < -0.4 is 5.73 Å². The first-order valence-corrected chi connectivity index (χ1v) is 6.13. The van der Waals surface area contributed by atoms with E-state index in [9.17, 15) is 4.39 Å². The van der Waals surface area contributed by atoms with Gasteiger partial charge in [0.1, 0.15) is 5.82 Å². The minimum Gasteiger partial charge on any atom is -0.324 e. The SMILES string of the molecule is Cc1ccc(C)c(C(N)Cc2ccc(F)cc2)c1. The Morgan fingerprint density at radius 3 is 2.39 bits per heavy atom. The Hall–Kier alpha value is -1.67. The first kappa shape index (κ1) is 12.8. The highest BCUT2D eigenvalue weighted by atomic mass is 19.1. The quantitative estimate of drug-likeness (QED) is 0.874. The van der Waals surface area contributed by atoms with Crippen molar-refractivity contribution in [3.8, 4) is 0 Å². The fraction of sp³-hybridized carbons (Fsp3) is 0.250. The van der Waals surface area contributed by atoms with Gasteiger partial charge in [-0.15, -0.1) is 0 Å². The molecule has 0 heterocycles. The molecule has 18 heavy (non-hydrogen) atoms. The Bertz CT molecular complexity index is 531. The van der Waals surface area contributed by atoms with Gasteiger partial charge < -0.3 is 5.73 Å². The molecule has 0 aliphatic carbocycles. The number of halogens is 1. The Morgan fingerprint density at radius 2 is 1.72 bits per heavy atom. The molecule has 0 saturated carbocycles. The van der Waals surface area contributed by atoms with Crippen LogP contribution in [0.4, 0.5) is 4.39 Å². The van der Waals surface area contributed by atoms with Gasteiger partial charge in [-0.25, -0.2) is 4.39 Å². The van der Waals surface area contributed by atoms with Crippen molar-refractivity contribution in [2.45, 2.75) is 26.3 Å². The molecular weight excluding hydrogens is 225 g/mol. The molecule has 0 amide bonds. The van der Waals surface area contributed by atoms with Crippen LogP contribution in [-0.2, 0) is 6.42 Å². The van der Waals surface area contributed by atoms with E-state index >= 15 is 0 Å². The average molecular weight is 243 g/mol. The highest BCUT2D eigenvalue weighted by Gasteiger charge is 2.10. The summed E-state index contributed by atoms with van der Waals surface area (Å²) in [5.74, 6) is -0.209. The van der Waals surface area contributed by atoms with Crippen LogP contribution in [0.25, 0.3) is 0 Å². The molecule has 0 radical (unpaired) electrons. The predicted molar refractivity (Wildman–Crippen MR) is 72.9 cm³/mol. The summed E-state index contributed by atoms with van der Waals surface area (Å²) in [5, 5.41) is 0. The van der Waals surface area contributed by atoms with Crippen molar-refractivity contribution in [3.05, 3.63) is 70.5 Å². The predicted octanol–water partition coefficient (Wildman–Crippen LogP) is 3.69. The molecule has 94 valence electrons. The third-order valence-electron chi connectivity index (χ3n) is 3.20. The first-order valence-electron chi connectivity index (χ1n) is 6.13. The average Bonchev–Trinajstić information content (AvgIpc) is 2.35. The largest absolute Gasteiger partial charge is 0.324 e. The highest BCUT2D eigenvalue weighted by Crippen LogP contribution is 2.21. The van der Waals surface area contributed by atoms with Gasteiger partial charge in [0.25, 0.3) is 0 Å². The summed E-state index contributed by atoms with van der Waals surface area (Å²) in [5.41, 5.74) is 10.9. The minimum absolute atomic E-state index is 0.0460. The van der Waals surface area contributed by atoms with E-state index < -0.39 is 0 Å². The maximum Gasteiger partial charge on any atom is 0.123 e. The molecule has 2 aromatic rings. The minimum atomic E-state index is -0.209. The van der Waals surface area contributed by atoms with Crippen molar-refractivity contribution in [2.24, 2.45) is 5.73 Å². The molecule has 2 aromatic carbocycles. The molecule has 0 saturated heterocycles. The van der Waals surface area contributed by atoms with E-state index in [1.165, 1.54) is 28.8 Å². The number of benzene rings is 2. The maximum absolute atomic E-state index is 12.8. The second-order valence-corrected chi connectivity index (χ2v) is 4.80. The molecule has 0 spiro atoms. The van der Waals surface area contributed by atoms with Crippen LogP contribution in [0.1, 0.15) is 28.3 Å². The molecule has 1 unspecified atom stereocenters. The van der Waals surface area contributed by atoms with Crippen molar-refractivity contribution in [3.63, 3.8) is 0 Å². The lowest BCUT2D eigenvalue weighted by atomic mass is 9.95. The van der Waals surface area contributed by atoms with E-state index in [0.29, 0.717) is 0 Å². The van der Waals surface area contributed by atoms with Gasteiger partial charge in [-0.2, -0.15) is 0 Å². The molecule has 0 bridgehead atoms. The summed E-state index contributed by atoms with van der Waals surface area (Å²) in [6.07, 6.45) is 0.727. The molecular formula is C16H18FN. The topological polar surface area (TPSA) is 26.0 Å². The molecule has 2 heteroatoms. The van der Waals surface area contributed by atoms with E-state index in [-0.39, 0.29) is 11.9 Å². The fourth-order valence-electron chi connectivity index (χ4n) is 2.14. The van der Waals surface area contributed by atoms with Crippen molar-refractivity contribution < 1.29 is 4.39 Å². The molecule has 0 aliphatic rings. The molecule has 0 aliphatic heterocycles. The lowest BCUT2D eigenvalue weighted by Gasteiger charge is -2.15. The Labute approximate surface area is 107 Å². The molecule has 1 atom stereocenters. The number of rotatable bonds is 3. The van der Waals surface area contributed by atoms with E-state index in [0.717, 1.165) is 12.0 Å². The van der Waals surface area contributed by atoms with Crippen LogP contribution in [-0.4, -0.2) is 0 Å². The normalized spacial score (nSPS) is 12.4. The van der Waals surface area contributed by atoms with Crippen LogP contribution in [0.3, 0.4) is 0 Å². The fourth-order valence-corrected chi connectivity index (χ4v) is 2.14. The number of hydrogen-bond donors (Lipinski definition) is 1. The summed E-state index contributed by atoms with van der Waals surface area (Å²) in [6.45, 7) is 4.13. The van der Waals surface area contributed by atoms with Gasteiger partial charge in [0.2, 0.25) is 0 Å². The number of hydrogen-bond acceptors (Lipinski definition) is 1. The van der Waals surface area contributed by atoms with Crippen LogP contribution in [0, 0.1) is 19.7 Å². The van der Waals surface area contributed by atoms with Crippen molar-refractivity contribution in [1.29, 1.82) is 0 Å². The van der Waals surface area contributed by atoms with Crippen molar-refractivity contribution in [2.75, 3.05) is 0 Å². The summed E-state index contributed by atoms with van der Waals surface area (Å²) < 4.78 is 12.8. The summed E-state index contributed by atoms with van der Waals surface area (Å²) in [4.78, 5) is 0. The molecule has 2 rings (SSSR count). The lowest BCUT2D eigenvalue weighted by Crippen LogP contribution is -2.14. The zero-order valence-corrected chi connectivity index (χ0v) is 10.8. The van der Waals surface area contributed by atoms with E-state index in [4.69, 9.17) is 5.73 Å². The van der Waals surface area contributed by atoms with Gasteiger partial charge in [0.15, 0.2) is 0 Å². The summed E-state index contributed by atoms with van der Waals surface area (Å²) >= 11 is 0. The van der Waals surface area contributed by atoms with Crippen LogP contribution >= 0.6 is 0 Å². The van der Waals surface area contributed by atoms with Gasteiger partial charge in [0.05, 0.1) is 0 Å². The second kappa shape index (κ2) is 5.32. The molecule has 2 N–H and O–H groups in total. The van der Waals surface area contributed by atoms with Gasteiger partial charge in [-0.05, 0) is 49.1 Å². The van der Waals surface area contributed by atoms with E-state index in [1.54, 1.807) is 12.1 Å². The highest BCUT2D eigenvalue weighted by molar-refractivity contribution is 5.34. The molecule has 0 fully saturated rings. The summed E-state index contributed by atoms with van der Waals surface area (Å²) in [7, 11) is 0. The Morgan fingerprint density at radius 1 is 1.06 bits per heavy atom. The third kappa shape index (κ3) is 2.96. The van der Waals surface area contributed by atoms with Gasteiger partial charge in [-0.1, -0.05) is 35.9 Å². The smallest absolute Gasteiger partial charge is 0.123 e. The van der Waals surface area contributed by atoms with E-state index in [2.05, 4.69) is 32.0 Å². The molecule has 1 nitrogen and oxygen atoms in total. The first-order chi connectivity index (χ1) is 8.56. The lowest BCUT2D eigenvalue weighted by molar-refractivity contribution is 0.625. The second-order valence-electron chi connectivity index (χ2n) is 4.80. The van der Waals surface area contributed by atoms with E-state index in [1.807, 2.05) is 0 Å². The van der Waals surface area contributed by atoms with Crippen LogP contribution in [0.2, 0.25) is 0 Å². The van der Waals surface area contributed by atoms with Crippen LogP contribution in [0.5, 0.6) is 0 Å². The van der Waals surface area contributed by atoms with Crippen molar-refractivity contribution in [1.82, 2.24) is 0 Å². The van der Waals surface area contributed by atoms with Gasteiger partial charge >= 0.3 is 0 Å². The van der Waals surface area contributed by atoms with Gasteiger partial charge in [0, 0.05) is 6.04 Å². The zero-order valence-electron chi connectivity index (χ0n) is 10.8. The third-order valence-corrected chi connectivity index (χ3v) is 3.20. The Balaban J connectivity index is 2.18. The standard InChI is InChI=1S/C16H18FN/c1-11-3-4-12(2)15(9-11)16(18)10-13-5-7-14(17)8-6-13/h3-9,16H,10,18H2,1-2H3. The monoisotopic (exact) mass is 243 g/mol. The number of nitrogens with two attached hydrogens (primary N) is 1. The van der Waals surface area contributed by atoms with Gasteiger partial charge in [-0.3, -0.25) is 0 Å². The number of aryl methyl sites for hydroxylation is 2. The molecule has 0 aromatic heterocycles. The maximum atomic E-state index is 12.8. The van der Waals surface area contributed by atoms with Crippen molar-refractivity contribution >= 4 is 0 Å². The van der Waals surface area contributed by atoms with Crippen LogP contribution in [0.15, 0.2) is 42.5 Å². The Kier molecular flexibility index (Phi) is 3.78.